The highest BCUT2D eigenvalue weighted by Gasteiger charge is 2.49. The Hall–Kier alpha value is -2.73. The van der Waals surface area contributed by atoms with Gasteiger partial charge < -0.3 is 9.47 Å². The van der Waals surface area contributed by atoms with E-state index >= 15 is 0 Å². The second kappa shape index (κ2) is 6.78. The zero-order valence-electron chi connectivity index (χ0n) is 15.0. The topological polar surface area (TPSA) is 48.4 Å². The van der Waals surface area contributed by atoms with Crippen LogP contribution in [0.4, 0.5) is 4.39 Å². The first-order chi connectivity index (χ1) is 13.1. The molecular formula is C21H18FNO3S. The number of aromatic nitrogens is 1. The average molecular weight is 383 g/mol. The summed E-state index contributed by atoms with van der Waals surface area (Å²) >= 11 is 1.39. The molecule has 0 unspecified atom stereocenters. The van der Waals surface area contributed by atoms with E-state index in [1.165, 1.54) is 23.5 Å². The van der Waals surface area contributed by atoms with E-state index in [9.17, 15) is 9.18 Å². The molecule has 2 aromatic carbocycles. The van der Waals surface area contributed by atoms with Crippen LogP contribution >= 0.6 is 11.3 Å². The number of benzene rings is 2. The van der Waals surface area contributed by atoms with E-state index in [-0.39, 0.29) is 11.2 Å². The van der Waals surface area contributed by atoms with Crippen molar-refractivity contribution in [1.29, 1.82) is 0 Å². The number of nitrogens with zero attached hydrogens (tertiary/aromatic N) is 1. The molecule has 4 rings (SSSR count). The van der Waals surface area contributed by atoms with Gasteiger partial charge in [-0.15, -0.1) is 11.3 Å². The number of hydrogen-bond donors (Lipinski definition) is 0. The Morgan fingerprint density at radius 1 is 1.11 bits per heavy atom. The van der Waals surface area contributed by atoms with Crippen LogP contribution in [0.5, 0.6) is 11.5 Å². The van der Waals surface area contributed by atoms with Crippen LogP contribution in [0.2, 0.25) is 0 Å². The van der Waals surface area contributed by atoms with Gasteiger partial charge in [0, 0.05) is 17.0 Å². The summed E-state index contributed by atoms with van der Waals surface area (Å²) < 4.78 is 24.0. The van der Waals surface area contributed by atoms with Crippen molar-refractivity contribution in [2.24, 2.45) is 0 Å². The van der Waals surface area contributed by atoms with Crippen molar-refractivity contribution in [3.05, 3.63) is 63.7 Å². The number of methoxy groups -OCH3 is 2. The van der Waals surface area contributed by atoms with E-state index in [1.807, 2.05) is 12.1 Å². The Morgan fingerprint density at radius 3 is 2.44 bits per heavy atom. The van der Waals surface area contributed by atoms with Gasteiger partial charge in [0.1, 0.15) is 22.3 Å². The molecule has 138 valence electrons. The average Bonchev–Trinajstić information content (AvgIpc) is 3.40. The minimum Gasteiger partial charge on any atom is -0.497 e. The van der Waals surface area contributed by atoms with Gasteiger partial charge in [-0.05, 0) is 42.7 Å². The van der Waals surface area contributed by atoms with Crippen LogP contribution in [0.15, 0.2) is 42.5 Å². The predicted molar refractivity (Wildman–Crippen MR) is 102 cm³/mol. The summed E-state index contributed by atoms with van der Waals surface area (Å²) in [5.41, 5.74) is 2.16. The normalized spacial score (nSPS) is 14.6. The molecule has 1 aliphatic rings. The first-order valence-electron chi connectivity index (χ1n) is 8.56. The second-order valence-electron chi connectivity index (χ2n) is 6.50. The molecule has 1 fully saturated rings. The maximum atomic E-state index is 13.3. The van der Waals surface area contributed by atoms with E-state index in [0.29, 0.717) is 22.1 Å². The molecule has 0 amide bonds. The summed E-state index contributed by atoms with van der Waals surface area (Å²) in [5, 5.41) is 0.879. The van der Waals surface area contributed by atoms with Crippen molar-refractivity contribution in [2.45, 2.75) is 18.3 Å². The summed E-state index contributed by atoms with van der Waals surface area (Å²) in [7, 11) is 3.17. The van der Waals surface area contributed by atoms with Crippen LogP contribution < -0.4 is 9.47 Å². The lowest BCUT2D eigenvalue weighted by atomic mass is 9.96. The molecule has 0 spiro atoms. The lowest BCUT2D eigenvalue weighted by molar-refractivity contribution is 0.112. The molecule has 1 aromatic heterocycles. The number of hydrogen-bond acceptors (Lipinski definition) is 5. The number of rotatable bonds is 6. The molecule has 3 aromatic rings. The van der Waals surface area contributed by atoms with Gasteiger partial charge in [0.25, 0.3) is 0 Å². The lowest BCUT2D eigenvalue weighted by Gasteiger charge is -2.12. The van der Waals surface area contributed by atoms with Gasteiger partial charge in [0.2, 0.25) is 0 Å². The molecular weight excluding hydrogens is 365 g/mol. The highest BCUT2D eigenvalue weighted by Crippen LogP contribution is 2.55. The maximum absolute atomic E-state index is 13.3. The van der Waals surface area contributed by atoms with E-state index in [1.54, 1.807) is 32.4 Å². The lowest BCUT2D eigenvalue weighted by Crippen LogP contribution is -2.08. The third-order valence-corrected chi connectivity index (χ3v) is 6.17. The van der Waals surface area contributed by atoms with E-state index in [0.717, 1.165) is 35.3 Å². The monoisotopic (exact) mass is 383 g/mol. The molecule has 1 saturated carbocycles. The van der Waals surface area contributed by atoms with Crippen molar-refractivity contribution in [2.75, 3.05) is 14.2 Å². The van der Waals surface area contributed by atoms with Gasteiger partial charge >= 0.3 is 0 Å². The van der Waals surface area contributed by atoms with Gasteiger partial charge in [0.05, 0.1) is 24.8 Å². The molecule has 4 nitrogen and oxygen atoms in total. The largest absolute Gasteiger partial charge is 0.497 e. The summed E-state index contributed by atoms with van der Waals surface area (Å²) in [5.74, 6) is 1.01. The maximum Gasteiger partial charge on any atom is 0.162 e. The Balaban J connectivity index is 1.80. The number of carbonyl (C=O) groups is 1. The Labute approximate surface area is 160 Å². The van der Waals surface area contributed by atoms with Gasteiger partial charge in [-0.3, -0.25) is 4.79 Å². The Kier molecular flexibility index (Phi) is 4.44. The fourth-order valence-electron chi connectivity index (χ4n) is 3.32. The van der Waals surface area contributed by atoms with Crippen molar-refractivity contribution >= 4 is 17.6 Å². The summed E-state index contributed by atoms with van der Waals surface area (Å²) in [4.78, 5) is 17.1. The molecule has 0 aliphatic heterocycles. The van der Waals surface area contributed by atoms with E-state index in [4.69, 9.17) is 14.5 Å². The van der Waals surface area contributed by atoms with Crippen LogP contribution in [0, 0.1) is 5.82 Å². The number of thiazole rings is 1. The molecule has 0 bridgehead atoms. The molecule has 0 saturated heterocycles. The molecule has 0 atom stereocenters. The van der Waals surface area contributed by atoms with Crippen LogP contribution in [0.25, 0.3) is 11.3 Å². The summed E-state index contributed by atoms with van der Waals surface area (Å²) in [6.07, 6.45) is 2.70. The number of aldehydes is 1. The smallest absolute Gasteiger partial charge is 0.162 e. The van der Waals surface area contributed by atoms with Gasteiger partial charge in [0.15, 0.2) is 6.29 Å². The molecule has 27 heavy (non-hydrogen) atoms. The Morgan fingerprint density at radius 2 is 1.85 bits per heavy atom. The second-order valence-corrected chi connectivity index (χ2v) is 7.54. The van der Waals surface area contributed by atoms with Crippen LogP contribution in [-0.4, -0.2) is 25.5 Å². The summed E-state index contributed by atoms with van der Waals surface area (Å²) in [6.45, 7) is 0. The highest BCUT2D eigenvalue weighted by molar-refractivity contribution is 7.14. The predicted octanol–water partition coefficient (Wildman–Crippen LogP) is 4.86. The zero-order valence-corrected chi connectivity index (χ0v) is 15.8. The third kappa shape index (κ3) is 3.00. The van der Waals surface area contributed by atoms with E-state index in [2.05, 4.69) is 0 Å². The van der Waals surface area contributed by atoms with Crippen LogP contribution in [0.3, 0.4) is 0 Å². The van der Waals surface area contributed by atoms with Crippen molar-refractivity contribution < 1.29 is 18.7 Å². The minimum atomic E-state index is -0.258. The third-order valence-electron chi connectivity index (χ3n) is 4.98. The van der Waals surface area contributed by atoms with Gasteiger partial charge in [-0.1, -0.05) is 12.1 Å². The molecule has 0 radical (unpaired) electrons. The van der Waals surface area contributed by atoms with E-state index < -0.39 is 0 Å². The first-order valence-corrected chi connectivity index (χ1v) is 9.38. The fourth-order valence-corrected chi connectivity index (χ4v) is 4.49. The number of ether oxygens (including phenoxy) is 2. The molecule has 0 N–H and O–H groups in total. The van der Waals surface area contributed by atoms with Crippen LogP contribution in [0.1, 0.15) is 33.1 Å². The molecule has 1 heterocycles. The van der Waals surface area contributed by atoms with Crippen LogP contribution in [-0.2, 0) is 5.41 Å². The quantitative estimate of drug-likeness (QED) is 0.571. The standard InChI is InChI=1S/C21H18FNO3S/c1-25-15-7-8-16(17(11-15)26-2)19-18(12-24)27-20(23-19)21(9-10-21)13-3-5-14(22)6-4-13/h3-8,11-12H,9-10H2,1-2H3. The zero-order chi connectivity index (χ0) is 19.0. The molecule has 6 heteroatoms. The molecule has 1 aliphatic carbocycles. The fraction of sp³-hybridized carbons (Fsp3) is 0.238. The van der Waals surface area contributed by atoms with Crippen molar-refractivity contribution in [3.8, 4) is 22.8 Å². The SMILES string of the molecule is COc1ccc(-c2nc(C3(c4ccc(F)cc4)CC3)sc2C=O)c(OC)c1. The Bertz CT molecular complexity index is 993. The highest BCUT2D eigenvalue weighted by atomic mass is 32.1. The van der Waals surface area contributed by atoms with Gasteiger partial charge in [-0.2, -0.15) is 0 Å². The van der Waals surface area contributed by atoms with Crippen molar-refractivity contribution in [3.63, 3.8) is 0 Å². The van der Waals surface area contributed by atoms with Gasteiger partial charge in [-0.25, -0.2) is 9.37 Å². The summed E-state index contributed by atoms with van der Waals surface area (Å²) in [6, 6.07) is 12.0. The van der Waals surface area contributed by atoms with Crippen molar-refractivity contribution in [1.82, 2.24) is 4.98 Å². The minimum absolute atomic E-state index is 0.228. The number of carbonyl (C=O) groups excluding carboxylic acids is 1. The number of halogens is 1. The first kappa shape index (κ1) is 17.7.